The van der Waals surface area contributed by atoms with Crippen LogP contribution in [0.25, 0.3) is 0 Å². The molecule has 11 heteroatoms. The Morgan fingerprint density at radius 1 is 1.15 bits per heavy atom. The molecule has 0 spiro atoms. The van der Waals surface area contributed by atoms with Gasteiger partial charge in [-0.15, -0.1) is 6.58 Å². The van der Waals surface area contributed by atoms with Gasteiger partial charge in [-0.25, -0.2) is 5.84 Å². The third-order valence-corrected chi connectivity index (χ3v) is 11.1. The number of hydrazine groups is 1. The monoisotopic (exact) mass is 671 g/mol. The minimum Gasteiger partial charge on any atom is -0.466 e. The van der Waals surface area contributed by atoms with Crippen LogP contribution in [0.1, 0.15) is 86.1 Å². The summed E-state index contributed by atoms with van der Waals surface area (Å²) in [4.78, 5) is 51.9. The highest BCUT2D eigenvalue weighted by atomic mass is 32.1. The standard InChI is InChI=1S/C36H57N5O5S/c1-10-26-20-24(3)25(4)30(26)32(44)40(23-42)19-15-18-29(43)39-21-28(37)22-41(38)35(7,8)31(27-16-13-12-14-17-27)36(9,47)34(5,6)33(45)46-11-2/h10,12-14,16-17,22-26,30-31,47H,1,11,15,18-21,37-38H2,2-9H3,(H,39,43)/b28-22-. The summed E-state index contributed by atoms with van der Waals surface area (Å²) in [7, 11) is 0. The van der Waals surface area contributed by atoms with Crippen molar-refractivity contribution in [2.24, 2.45) is 40.7 Å². The van der Waals surface area contributed by atoms with Crippen molar-refractivity contribution in [2.75, 3.05) is 19.7 Å². The number of nitrogens with one attached hydrogen (secondary N) is 1. The summed E-state index contributed by atoms with van der Waals surface area (Å²) < 4.78 is 4.49. The number of allylic oxidation sites excluding steroid dienone is 1. The number of esters is 1. The van der Waals surface area contributed by atoms with Gasteiger partial charge in [0.25, 0.3) is 0 Å². The van der Waals surface area contributed by atoms with Crippen LogP contribution >= 0.6 is 12.6 Å². The molecule has 3 amide bonds. The fraction of sp³-hybridized carbons (Fsp3) is 0.611. The number of thiol groups is 1. The zero-order valence-electron chi connectivity index (χ0n) is 29.5. The molecule has 1 aliphatic rings. The fourth-order valence-corrected chi connectivity index (χ4v) is 7.33. The average Bonchev–Trinajstić information content (AvgIpc) is 3.30. The van der Waals surface area contributed by atoms with E-state index >= 15 is 0 Å². The van der Waals surface area contributed by atoms with Gasteiger partial charge in [0.1, 0.15) is 0 Å². The van der Waals surface area contributed by atoms with Crippen LogP contribution in [-0.2, 0) is 23.9 Å². The number of rotatable bonds is 17. The van der Waals surface area contributed by atoms with Crippen LogP contribution in [0.4, 0.5) is 0 Å². The van der Waals surface area contributed by atoms with Crippen molar-refractivity contribution < 1.29 is 23.9 Å². The zero-order valence-corrected chi connectivity index (χ0v) is 30.4. The Bertz CT molecular complexity index is 1280. The first kappa shape index (κ1) is 39.9. The minimum atomic E-state index is -1.00. The number of nitrogens with two attached hydrogens (primary N) is 2. The number of carbonyl (C=O) groups excluding carboxylic acids is 4. The predicted molar refractivity (Wildman–Crippen MR) is 190 cm³/mol. The summed E-state index contributed by atoms with van der Waals surface area (Å²) in [5.74, 6) is 5.69. The summed E-state index contributed by atoms with van der Waals surface area (Å²) in [5.41, 5.74) is 5.75. The molecule has 47 heavy (non-hydrogen) atoms. The van der Waals surface area contributed by atoms with Crippen LogP contribution < -0.4 is 16.9 Å². The van der Waals surface area contributed by atoms with Crippen LogP contribution in [0, 0.1) is 29.1 Å². The largest absolute Gasteiger partial charge is 0.466 e. The Morgan fingerprint density at radius 3 is 2.32 bits per heavy atom. The molecule has 0 aromatic heterocycles. The second kappa shape index (κ2) is 16.7. The van der Waals surface area contributed by atoms with Gasteiger partial charge in [0, 0.05) is 41.4 Å². The molecular weight excluding hydrogens is 614 g/mol. The molecule has 1 saturated carbocycles. The summed E-state index contributed by atoms with van der Waals surface area (Å²) >= 11 is 5.12. The zero-order chi connectivity index (χ0) is 35.7. The molecule has 262 valence electrons. The van der Waals surface area contributed by atoms with E-state index in [9.17, 15) is 19.2 Å². The topological polar surface area (TPSA) is 148 Å². The van der Waals surface area contributed by atoms with Gasteiger partial charge >= 0.3 is 5.97 Å². The number of hydrogen-bond donors (Lipinski definition) is 4. The fourth-order valence-electron chi connectivity index (χ4n) is 6.78. The Labute approximate surface area is 287 Å². The summed E-state index contributed by atoms with van der Waals surface area (Å²) in [6.45, 7) is 19.7. The maximum Gasteiger partial charge on any atom is 0.312 e. The second-order valence-corrected chi connectivity index (χ2v) is 15.0. The number of carbonyl (C=O) groups is 4. The van der Waals surface area contributed by atoms with Crippen molar-refractivity contribution in [2.45, 2.75) is 90.9 Å². The predicted octanol–water partition coefficient (Wildman–Crippen LogP) is 4.78. The lowest BCUT2D eigenvalue weighted by atomic mass is 9.63. The van der Waals surface area contributed by atoms with Gasteiger partial charge in [0.05, 0.1) is 24.1 Å². The number of ether oxygens (including phenoxy) is 1. The highest BCUT2D eigenvalue weighted by Crippen LogP contribution is 2.53. The molecule has 0 bridgehead atoms. The molecule has 10 nitrogen and oxygen atoms in total. The number of benzene rings is 1. The van der Waals surface area contributed by atoms with Crippen molar-refractivity contribution in [3.8, 4) is 0 Å². The number of hydrogen-bond acceptors (Lipinski definition) is 9. The summed E-state index contributed by atoms with van der Waals surface area (Å²) in [6.07, 6.45) is 5.24. The first-order valence-electron chi connectivity index (χ1n) is 16.5. The van der Waals surface area contributed by atoms with E-state index in [0.717, 1.165) is 12.0 Å². The Kier molecular flexibility index (Phi) is 14.2. The lowest BCUT2D eigenvalue weighted by molar-refractivity contribution is -0.156. The van der Waals surface area contributed by atoms with Crippen molar-refractivity contribution in [3.63, 3.8) is 0 Å². The van der Waals surface area contributed by atoms with Crippen molar-refractivity contribution in [3.05, 3.63) is 60.4 Å². The Hall–Kier alpha value is -3.31. The van der Waals surface area contributed by atoms with E-state index in [1.54, 1.807) is 13.1 Å². The molecule has 2 rings (SSSR count). The van der Waals surface area contributed by atoms with Gasteiger partial charge in [0.2, 0.25) is 18.2 Å². The maximum atomic E-state index is 13.2. The molecule has 6 atom stereocenters. The molecule has 0 aliphatic heterocycles. The number of nitrogens with zero attached hydrogens (tertiary/aromatic N) is 2. The van der Waals surface area contributed by atoms with Crippen molar-refractivity contribution >= 4 is 36.8 Å². The Balaban J connectivity index is 2.10. The SMILES string of the molecule is C=CC1CC(C)C(C)C1C(=O)N(C=O)CCCC(=O)NC/C(N)=C/N(N)C(C)(C)C(c1ccccc1)C(C)(S)C(C)(C)C(=O)OCC. The van der Waals surface area contributed by atoms with Crippen LogP contribution in [0.5, 0.6) is 0 Å². The molecule has 0 saturated heterocycles. The van der Waals surface area contributed by atoms with Crippen LogP contribution in [0.2, 0.25) is 0 Å². The highest BCUT2D eigenvalue weighted by Gasteiger charge is 2.56. The van der Waals surface area contributed by atoms with E-state index < -0.39 is 15.7 Å². The molecule has 1 aromatic rings. The maximum absolute atomic E-state index is 13.2. The molecule has 0 radical (unpaired) electrons. The number of amides is 3. The van der Waals surface area contributed by atoms with Gasteiger partial charge in [-0.2, -0.15) is 12.6 Å². The van der Waals surface area contributed by atoms with Crippen LogP contribution in [-0.4, -0.2) is 64.1 Å². The Morgan fingerprint density at radius 2 is 1.77 bits per heavy atom. The first-order valence-corrected chi connectivity index (χ1v) is 16.9. The van der Waals surface area contributed by atoms with Crippen LogP contribution in [0.15, 0.2) is 54.9 Å². The number of imide groups is 1. The second-order valence-electron chi connectivity index (χ2n) is 14.1. The normalized spacial score (nSPS) is 22.0. The minimum absolute atomic E-state index is 0.0358. The summed E-state index contributed by atoms with van der Waals surface area (Å²) in [6, 6.07) is 9.74. The van der Waals surface area contributed by atoms with Crippen molar-refractivity contribution in [1.29, 1.82) is 0 Å². The van der Waals surface area contributed by atoms with Crippen LogP contribution in [0.3, 0.4) is 0 Å². The summed E-state index contributed by atoms with van der Waals surface area (Å²) in [5, 5.41) is 4.29. The average molecular weight is 672 g/mol. The third kappa shape index (κ3) is 9.19. The molecule has 6 unspecified atom stereocenters. The molecule has 1 fully saturated rings. The van der Waals surface area contributed by atoms with E-state index in [2.05, 4.69) is 18.8 Å². The molecule has 1 aromatic carbocycles. The first-order chi connectivity index (χ1) is 21.9. The molecule has 0 heterocycles. The van der Waals surface area contributed by atoms with E-state index in [4.69, 9.17) is 28.9 Å². The lowest BCUT2D eigenvalue weighted by Crippen LogP contribution is -2.60. The lowest BCUT2D eigenvalue weighted by Gasteiger charge is -2.52. The smallest absolute Gasteiger partial charge is 0.312 e. The molecule has 5 N–H and O–H groups in total. The van der Waals surface area contributed by atoms with E-state index in [-0.39, 0.29) is 67.6 Å². The van der Waals surface area contributed by atoms with Gasteiger partial charge in [-0.3, -0.25) is 24.1 Å². The van der Waals surface area contributed by atoms with Gasteiger partial charge < -0.3 is 20.8 Å². The molecular formula is C36H57N5O5S. The van der Waals surface area contributed by atoms with E-state index in [0.29, 0.717) is 24.4 Å². The van der Waals surface area contributed by atoms with Gasteiger partial charge in [-0.05, 0) is 77.7 Å². The van der Waals surface area contributed by atoms with Gasteiger partial charge in [0.15, 0.2) is 0 Å². The third-order valence-electron chi connectivity index (χ3n) is 10.3. The van der Waals surface area contributed by atoms with E-state index in [1.165, 1.54) is 9.91 Å². The highest BCUT2D eigenvalue weighted by molar-refractivity contribution is 7.82. The molecule has 1 aliphatic carbocycles. The van der Waals surface area contributed by atoms with E-state index in [1.807, 2.05) is 78.0 Å². The van der Waals surface area contributed by atoms with Crippen molar-refractivity contribution in [1.82, 2.24) is 15.2 Å². The van der Waals surface area contributed by atoms with Gasteiger partial charge in [-0.1, -0.05) is 50.3 Å². The quantitative estimate of drug-likeness (QED) is 0.0462.